The van der Waals surface area contributed by atoms with Crippen molar-refractivity contribution >= 4 is 23.5 Å². The number of ether oxygens (including phenoxy) is 4. The molecule has 0 atom stereocenters. The van der Waals surface area contributed by atoms with Crippen molar-refractivity contribution < 1.29 is 28.5 Å². The predicted molar refractivity (Wildman–Crippen MR) is 102 cm³/mol. The number of thioether (sulfide) groups is 1. The Morgan fingerprint density at radius 2 is 1.75 bits per heavy atom. The first-order valence-electron chi connectivity index (χ1n) is 8.26. The van der Waals surface area contributed by atoms with E-state index < -0.39 is 5.97 Å². The van der Waals surface area contributed by atoms with Crippen LogP contribution in [0.5, 0.6) is 17.2 Å². The molecule has 0 bridgehead atoms. The van der Waals surface area contributed by atoms with Gasteiger partial charge in [-0.05, 0) is 19.1 Å². The molecule has 0 amide bonds. The molecule has 28 heavy (non-hydrogen) atoms. The van der Waals surface area contributed by atoms with E-state index in [0.29, 0.717) is 33.8 Å². The van der Waals surface area contributed by atoms with Gasteiger partial charge in [0.15, 0.2) is 23.1 Å². The largest absolute Gasteiger partial charge is 0.493 e. The summed E-state index contributed by atoms with van der Waals surface area (Å²) in [7, 11) is 4.52. The van der Waals surface area contributed by atoms with Crippen molar-refractivity contribution in [2.24, 2.45) is 0 Å². The van der Waals surface area contributed by atoms with Crippen LogP contribution in [-0.2, 0) is 14.3 Å². The monoisotopic (exact) mass is 410 g/mol. The lowest BCUT2D eigenvalue weighted by molar-refractivity contribution is -0.145. The van der Waals surface area contributed by atoms with Crippen LogP contribution in [0.1, 0.15) is 13.3 Å². The van der Waals surface area contributed by atoms with Crippen LogP contribution in [0.25, 0.3) is 11.4 Å². The zero-order valence-electron chi connectivity index (χ0n) is 16.1. The minimum atomic E-state index is -0.555. The van der Waals surface area contributed by atoms with Gasteiger partial charge in [-0.3, -0.25) is 9.59 Å². The van der Waals surface area contributed by atoms with Crippen molar-refractivity contribution in [2.75, 3.05) is 39.5 Å². The average Bonchev–Trinajstić information content (AvgIpc) is 3.05. The Bertz CT molecular complexity index is 829. The molecule has 0 fully saturated rings. The average molecular weight is 410 g/mol. The summed E-state index contributed by atoms with van der Waals surface area (Å²) < 4.78 is 22.0. The number of rotatable bonds is 10. The molecule has 0 radical (unpaired) electrons. The Labute approximate surface area is 166 Å². The number of hydrogen-bond donors (Lipinski definition) is 1. The van der Waals surface area contributed by atoms with E-state index in [0.717, 1.165) is 11.8 Å². The van der Waals surface area contributed by atoms with Gasteiger partial charge in [-0.1, -0.05) is 11.8 Å². The topological polar surface area (TPSA) is 128 Å². The van der Waals surface area contributed by atoms with Crippen molar-refractivity contribution in [3.8, 4) is 28.6 Å². The molecule has 0 saturated carbocycles. The fraction of sp³-hybridized carbons (Fsp3) is 0.412. The Kier molecular flexibility index (Phi) is 7.50. The molecule has 2 N–H and O–H groups in total. The van der Waals surface area contributed by atoms with E-state index in [-0.39, 0.29) is 24.6 Å². The van der Waals surface area contributed by atoms with Crippen LogP contribution >= 0.6 is 11.8 Å². The molecule has 0 aliphatic carbocycles. The molecule has 2 rings (SSSR count). The normalized spacial score (nSPS) is 10.4. The molecule has 2 aromatic rings. The highest BCUT2D eigenvalue weighted by Gasteiger charge is 2.19. The Morgan fingerprint density at radius 1 is 1.11 bits per heavy atom. The quantitative estimate of drug-likeness (QED) is 0.265. The van der Waals surface area contributed by atoms with Crippen LogP contribution in [0.4, 0.5) is 0 Å². The molecule has 1 aromatic carbocycles. The summed E-state index contributed by atoms with van der Waals surface area (Å²) in [5, 5.41) is 8.40. The Morgan fingerprint density at radius 3 is 2.29 bits per heavy atom. The molecule has 0 spiro atoms. The van der Waals surface area contributed by atoms with Crippen LogP contribution in [0.2, 0.25) is 0 Å². The molecule has 0 aliphatic heterocycles. The minimum Gasteiger partial charge on any atom is -0.493 e. The van der Waals surface area contributed by atoms with Crippen LogP contribution in [-0.4, -0.2) is 60.3 Å². The number of methoxy groups -OCH3 is 3. The fourth-order valence-electron chi connectivity index (χ4n) is 2.35. The van der Waals surface area contributed by atoms with Crippen LogP contribution in [0.15, 0.2) is 17.3 Å². The molecule has 10 nitrogen and oxygen atoms in total. The van der Waals surface area contributed by atoms with Gasteiger partial charge in [0.05, 0.1) is 33.7 Å². The number of nitrogens with two attached hydrogens (primary N) is 1. The van der Waals surface area contributed by atoms with Gasteiger partial charge in [0, 0.05) is 5.56 Å². The molecule has 1 aromatic heterocycles. The van der Waals surface area contributed by atoms with Gasteiger partial charge in [0.25, 0.3) is 0 Å². The van der Waals surface area contributed by atoms with Gasteiger partial charge in [-0.15, -0.1) is 10.2 Å². The predicted octanol–water partition coefficient (Wildman–Crippen LogP) is 1.30. The third-order valence-corrected chi connectivity index (χ3v) is 4.60. The second-order valence-electron chi connectivity index (χ2n) is 5.40. The lowest BCUT2D eigenvalue weighted by Gasteiger charge is -2.13. The van der Waals surface area contributed by atoms with Gasteiger partial charge in [0.2, 0.25) is 10.9 Å². The maximum atomic E-state index is 11.9. The standard InChI is InChI=1S/C17H22N4O6S/c1-5-27-14(23)8-11(22)9-28-17-20-19-16(21(17)18)10-6-12(24-2)15(26-4)13(7-10)25-3/h6-7H,5,8-9,18H2,1-4H3. The smallest absolute Gasteiger partial charge is 0.313 e. The first-order chi connectivity index (χ1) is 13.4. The summed E-state index contributed by atoms with van der Waals surface area (Å²) >= 11 is 1.08. The first kappa shape index (κ1) is 21.4. The highest BCUT2D eigenvalue weighted by molar-refractivity contribution is 7.99. The molecule has 0 unspecified atom stereocenters. The fourth-order valence-corrected chi connectivity index (χ4v) is 3.07. The van der Waals surface area contributed by atoms with E-state index in [4.69, 9.17) is 24.8 Å². The molecule has 0 aliphatic rings. The number of ketones is 1. The van der Waals surface area contributed by atoms with Crippen molar-refractivity contribution in [1.29, 1.82) is 0 Å². The third kappa shape index (κ3) is 4.85. The number of aromatic nitrogens is 3. The number of esters is 1. The van der Waals surface area contributed by atoms with Crippen molar-refractivity contribution in [1.82, 2.24) is 14.9 Å². The molecule has 11 heteroatoms. The maximum Gasteiger partial charge on any atom is 0.313 e. The van der Waals surface area contributed by atoms with Crippen molar-refractivity contribution in [3.05, 3.63) is 12.1 Å². The van der Waals surface area contributed by atoms with Crippen LogP contribution < -0.4 is 20.1 Å². The molecular formula is C17H22N4O6S. The van der Waals surface area contributed by atoms with E-state index in [2.05, 4.69) is 10.2 Å². The van der Waals surface area contributed by atoms with E-state index in [1.165, 1.54) is 26.0 Å². The number of hydrogen-bond acceptors (Lipinski definition) is 10. The molecule has 0 saturated heterocycles. The number of carbonyl (C=O) groups is 2. The van der Waals surface area contributed by atoms with Gasteiger partial charge in [-0.25, -0.2) is 4.68 Å². The van der Waals surface area contributed by atoms with E-state index >= 15 is 0 Å². The van der Waals surface area contributed by atoms with E-state index in [1.807, 2.05) is 0 Å². The zero-order valence-corrected chi connectivity index (χ0v) is 16.9. The van der Waals surface area contributed by atoms with E-state index in [9.17, 15) is 9.59 Å². The molecule has 1 heterocycles. The summed E-state index contributed by atoms with van der Waals surface area (Å²) in [4.78, 5) is 23.2. The summed E-state index contributed by atoms with van der Waals surface area (Å²) in [6.45, 7) is 1.91. The Balaban J connectivity index is 2.19. The summed E-state index contributed by atoms with van der Waals surface area (Å²) in [5.41, 5.74) is 0.592. The molecule has 152 valence electrons. The highest BCUT2D eigenvalue weighted by atomic mass is 32.2. The minimum absolute atomic E-state index is 0.0173. The van der Waals surface area contributed by atoms with Gasteiger partial charge < -0.3 is 24.8 Å². The SMILES string of the molecule is CCOC(=O)CC(=O)CSc1nnc(-c2cc(OC)c(OC)c(OC)c2)n1N. The van der Waals surface area contributed by atoms with E-state index in [1.54, 1.807) is 19.1 Å². The van der Waals surface area contributed by atoms with Crippen molar-refractivity contribution in [2.45, 2.75) is 18.5 Å². The molecular weight excluding hydrogens is 388 g/mol. The summed E-state index contributed by atoms with van der Waals surface area (Å²) in [6.07, 6.45) is -0.292. The van der Waals surface area contributed by atoms with Gasteiger partial charge >= 0.3 is 5.97 Å². The van der Waals surface area contributed by atoms with Crippen molar-refractivity contribution in [3.63, 3.8) is 0 Å². The Hall–Kier alpha value is -2.95. The summed E-state index contributed by atoms with van der Waals surface area (Å²) in [6, 6.07) is 3.38. The summed E-state index contributed by atoms with van der Waals surface area (Å²) in [5.74, 6) is 6.92. The van der Waals surface area contributed by atoms with Gasteiger partial charge in [0.1, 0.15) is 6.42 Å². The maximum absolute atomic E-state index is 11.9. The lowest BCUT2D eigenvalue weighted by Crippen LogP contribution is -2.15. The van der Waals surface area contributed by atoms with Crippen LogP contribution in [0.3, 0.4) is 0 Å². The zero-order chi connectivity index (χ0) is 20.7. The van der Waals surface area contributed by atoms with Gasteiger partial charge in [-0.2, -0.15) is 0 Å². The third-order valence-electron chi connectivity index (χ3n) is 3.60. The number of nitrogen functional groups attached to an aromatic ring is 1. The first-order valence-corrected chi connectivity index (χ1v) is 9.24. The second kappa shape index (κ2) is 9.83. The highest BCUT2D eigenvalue weighted by Crippen LogP contribution is 2.40. The number of Topliss-reactive ketones (excluding diaryl/α,β-unsaturated/α-hetero) is 1. The number of carbonyl (C=O) groups excluding carboxylic acids is 2. The number of nitrogens with zero attached hydrogens (tertiary/aromatic N) is 3. The second-order valence-corrected chi connectivity index (χ2v) is 6.34. The van der Waals surface area contributed by atoms with Crippen LogP contribution in [0, 0.1) is 0 Å². The lowest BCUT2D eigenvalue weighted by atomic mass is 10.1. The number of benzene rings is 1.